The van der Waals surface area contributed by atoms with Crippen LogP contribution in [-0.2, 0) is 9.47 Å². The summed E-state index contributed by atoms with van der Waals surface area (Å²) in [5.41, 5.74) is 1.58. The van der Waals surface area contributed by atoms with Crippen LogP contribution in [0.4, 0.5) is 26.8 Å². The van der Waals surface area contributed by atoms with Gasteiger partial charge in [-0.1, -0.05) is 12.1 Å². The molecule has 9 nitrogen and oxygen atoms in total. The zero-order valence-electron chi connectivity index (χ0n) is 21.1. The standard InChI is InChI=1S/C26H31N5O4/c1-17-9-8-10-18(13-17)31(24(33)35-26(5,6)7)22-16-28-15-20(29-22)19-11-12-27-14-21(19)30-23(32)34-25(2,3)4/h8-16H,1-7H3,(H,30,32). The van der Waals surface area contributed by atoms with Gasteiger partial charge in [-0.3, -0.25) is 15.3 Å². The number of benzene rings is 1. The van der Waals surface area contributed by atoms with Crippen LogP contribution in [0.5, 0.6) is 0 Å². The van der Waals surface area contributed by atoms with Gasteiger partial charge in [-0.15, -0.1) is 0 Å². The van der Waals surface area contributed by atoms with E-state index in [1.54, 1.807) is 66.1 Å². The Morgan fingerprint density at radius 3 is 2.29 bits per heavy atom. The van der Waals surface area contributed by atoms with E-state index in [0.29, 0.717) is 22.6 Å². The summed E-state index contributed by atoms with van der Waals surface area (Å²) in [4.78, 5) is 40.0. The second-order valence-corrected chi connectivity index (χ2v) is 9.97. The summed E-state index contributed by atoms with van der Waals surface area (Å²) < 4.78 is 11.0. The van der Waals surface area contributed by atoms with Gasteiger partial charge in [0.1, 0.15) is 11.2 Å². The van der Waals surface area contributed by atoms with Gasteiger partial charge in [0.05, 0.1) is 35.7 Å². The lowest BCUT2D eigenvalue weighted by atomic mass is 10.1. The molecule has 0 saturated carbocycles. The zero-order chi connectivity index (χ0) is 25.8. The molecule has 0 spiro atoms. The number of aryl methyl sites for hydroxylation is 1. The molecule has 2 aromatic heterocycles. The largest absolute Gasteiger partial charge is 0.444 e. The van der Waals surface area contributed by atoms with E-state index < -0.39 is 23.4 Å². The minimum atomic E-state index is -0.709. The number of hydrogen-bond donors (Lipinski definition) is 1. The van der Waals surface area contributed by atoms with Crippen LogP contribution in [0.2, 0.25) is 0 Å². The summed E-state index contributed by atoms with van der Waals surface area (Å²) in [6.45, 7) is 12.7. The summed E-state index contributed by atoms with van der Waals surface area (Å²) in [6, 6.07) is 9.15. The lowest BCUT2D eigenvalue weighted by Crippen LogP contribution is -2.34. The van der Waals surface area contributed by atoms with Crippen LogP contribution in [-0.4, -0.2) is 38.3 Å². The van der Waals surface area contributed by atoms with Crippen molar-refractivity contribution in [3.63, 3.8) is 0 Å². The van der Waals surface area contributed by atoms with Gasteiger partial charge in [0.15, 0.2) is 5.82 Å². The normalized spacial score (nSPS) is 11.5. The second-order valence-electron chi connectivity index (χ2n) is 9.97. The van der Waals surface area contributed by atoms with E-state index in [1.807, 2.05) is 25.1 Å². The molecular formula is C26H31N5O4. The number of carbonyl (C=O) groups is 2. The summed E-state index contributed by atoms with van der Waals surface area (Å²) in [7, 11) is 0. The molecule has 2 heterocycles. The maximum Gasteiger partial charge on any atom is 0.420 e. The highest BCUT2D eigenvalue weighted by atomic mass is 16.6. The molecule has 9 heteroatoms. The minimum absolute atomic E-state index is 0.266. The number of anilines is 3. The third-order valence-electron chi connectivity index (χ3n) is 4.42. The Morgan fingerprint density at radius 2 is 1.63 bits per heavy atom. The molecule has 3 aromatic rings. The highest BCUT2D eigenvalue weighted by Gasteiger charge is 2.27. The number of hydrogen-bond acceptors (Lipinski definition) is 7. The number of amides is 2. The van der Waals surface area contributed by atoms with Crippen molar-refractivity contribution >= 4 is 29.4 Å². The fourth-order valence-electron chi connectivity index (χ4n) is 3.13. The van der Waals surface area contributed by atoms with E-state index in [1.165, 1.54) is 17.3 Å². The van der Waals surface area contributed by atoms with Crippen LogP contribution < -0.4 is 10.2 Å². The van der Waals surface area contributed by atoms with Crippen LogP contribution >= 0.6 is 0 Å². The molecule has 0 atom stereocenters. The Labute approximate surface area is 205 Å². The van der Waals surface area contributed by atoms with Gasteiger partial charge in [0.2, 0.25) is 0 Å². The molecule has 3 rings (SSSR count). The Hall–Kier alpha value is -4.01. The van der Waals surface area contributed by atoms with E-state index in [9.17, 15) is 9.59 Å². The van der Waals surface area contributed by atoms with Crippen LogP contribution in [0.1, 0.15) is 47.1 Å². The van der Waals surface area contributed by atoms with Gasteiger partial charge >= 0.3 is 12.2 Å². The first-order valence-corrected chi connectivity index (χ1v) is 11.2. The van der Waals surface area contributed by atoms with Gasteiger partial charge in [0, 0.05) is 11.8 Å². The second kappa shape index (κ2) is 10.1. The van der Waals surface area contributed by atoms with Crippen LogP contribution in [0.25, 0.3) is 11.3 Å². The first-order valence-electron chi connectivity index (χ1n) is 11.2. The summed E-state index contributed by atoms with van der Waals surface area (Å²) in [5.74, 6) is 0.266. The number of nitrogens with zero attached hydrogens (tertiary/aromatic N) is 4. The molecule has 0 unspecified atom stereocenters. The van der Waals surface area contributed by atoms with Crippen molar-refractivity contribution in [2.45, 2.75) is 59.7 Å². The van der Waals surface area contributed by atoms with E-state index in [0.717, 1.165) is 5.56 Å². The Kier molecular flexibility index (Phi) is 7.38. The monoisotopic (exact) mass is 477 g/mol. The number of carbonyl (C=O) groups excluding carboxylic acids is 2. The first-order chi connectivity index (χ1) is 16.3. The molecule has 2 amide bonds. The molecule has 1 aromatic carbocycles. The van der Waals surface area contributed by atoms with Crippen molar-refractivity contribution in [2.24, 2.45) is 0 Å². The summed E-state index contributed by atoms with van der Waals surface area (Å²) in [5, 5.41) is 2.71. The number of rotatable bonds is 4. The van der Waals surface area contributed by atoms with Gasteiger partial charge in [-0.25, -0.2) is 19.5 Å². The average molecular weight is 478 g/mol. The van der Waals surface area contributed by atoms with Gasteiger partial charge in [-0.05, 0) is 72.2 Å². The topological polar surface area (TPSA) is 107 Å². The Bertz CT molecular complexity index is 1210. The van der Waals surface area contributed by atoms with Crippen LogP contribution in [0.3, 0.4) is 0 Å². The van der Waals surface area contributed by atoms with Crippen molar-refractivity contribution in [3.05, 3.63) is 60.7 Å². The molecule has 0 fully saturated rings. The third-order valence-corrected chi connectivity index (χ3v) is 4.42. The van der Waals surface area contributed by atoms with Gasteiger partial charge in [0.25, 0.3) is 0 Å². The lowest BCUT2D eigenvalue weighted by molar-refractivity contribution is 0.0595. The van der Waals surface area contributed by atoms with Gasteiger partial charge in [-0.2, -0.15) is 0 Å². The molecule has 0 radical (unpaired) electrons. The van der Waals surface area contributed by atoms with E-state index >= 15 is 0 Å². The molecular weight excluding hydrogens is 446 g/mol. The van der Waals surface area contributed by atoms with E-state index in [4.69, 9.17) is 9.47 Å². The molecule has 0 aliphatic carbocycles. The van der Waals surface area contributed by atoms with Crippen LogP contribution in [0, 0.1) is 6.92 Å². The first kappa shape index (κ1) is 25.6. The number of pyridine rings is 1. The predicted octanol–water partition coefficient (Wildman–Crippen LogP) is 6.27. The lowest BCUT2D eigenvalue weighted by Gasteiger charge is -2.27. The number of nitrogens with one attached hydrogen (secondary N) is 1. The zero-order valence-corrected chi connectivity index (χ0v) is 21.1. The van der Waals surface area contributed by atoms with Crippen molar-refractivity contribution in [1.82, 2.24) is 15.0 Å². The predicted molar refractivity (Wildman–Crippen MR) is 135 cm³/mol. The highest BCUT2D eigenvalue weighted by Crippen LogP contribution is 2.31. The highest BCUT2D eigenvalue weighted by molar-refractivity contribution is 5.96. The molecule has 1 N–H and O–H groups in total. The SMILES string of the molecule is Cc1cccc(N(C(=O)OC(C)(C)C)c2cncc(-c3ccncc3NC(=O)OC(C)(C)C)n2)c1. The Morgan fingerprint density at radius 1 is 0.914 bits per heavy atom. The van der Waals surface area contributed by atoms with Crippen molar-refractivity contribution < 1.29 is 19.1 Å². The Balaban J connectivity index is 2.03. The summed E-state index contributed by atoms with van der Waals surface area (Å²) >= 11 is 0. The molecule has 0 aliphatic heterocycles. The molecule has 35 heavy (non-hydrogen) atoms. The molecule has 184 valence electrons. The third kappa shape index (κ3) is 7.23. The average Bonchev–Trinajstić information content (AvgIpc) is 2.72. The molecule has 0 saturated heterocycles. The maximum atomic E-state index is 13.2. The smallest absolute Gasteiger partial charge is 0.420 e. The van der Waals surface area contributed by atoms with E-state index in [2.05, 4.69) is 20.3 Å². The number of aromatic nitrogens is 3. The van der Waals surface area contributed by atoms with Crippen molar-refractivity contribution in [3.8, 4) is 11.3 Å². The summed E-state index contributed by atoms with van der Waals surface area (Å²) in [6.07, 6.45) is 4.90. The number of ether oxygens (including phenoxy) is 2. The van der Waals surface area contributed by atoms with Crippen molar-refractivity contribution in [2.75, 3.05) is 10.2 Å². The quantitative estimate of drug-likeness (QED) is 0.472. The van der Waals surface area contributed by atoms with E-state index in [-0.39, 0.29) is 5.82 Å². The fraction of sp³-hybridized carbons (Fsp3) is 0.346. The van der Waals surface area contributed by atoms with Crippen LogP contribution in [0.15, 0.2) is 55.1 Å². The fourth-order valence-corrected chi connectivity index (χ4v) is 3.13. The van der Waals surface area contributed by atoms with Gasteiger partial charge < -0.3 is 9.47 Å². The van der Waals surface area contributed by atoms with Crippen molar-refractivity contribution in [1.29, 1.82) is 0 Å². The maximum absolute atomic E-state index is 13.2. The molecule has 0 bridgehead atoms. The minimum Gasteiger partial charge on any atom is -0.444 e. The molecule has 0 aliphatic rings.